The van der Waals surface area contributed by atoms with Crippen LogP contribution in [0.5, 0.6) is 0 Å². The highest BCUT2D eigenvalue weighted by Crippen LogP contribution is 2.34. The van der Waals surface area contributed by atoms with E-state index in [9.17, 15) is 4.79 Å². The minimum Gasteiger partial charge on any atom is -0.376 e. The minimum atomic E-state index is -0.00536. The summed E-state index contributed by atoms with van der Waals surface area (Å²) in [4.78, 5) is 17.9. The van der Waals surface area contributed by atoms with Gasteiger partial charge in [0.2, 0.25) is 5.91 Å². The van der Waals surface area contributed by atoms with Gasteiger partial charge in [-0.25, -0.2) is 4.99 Å². The van der Waals surface area contributed by atoms with E-state index in [1.807, 2.05) is 0 Å². The van der Waals surface area contributed by atoms with Crippen LogP contribution in [0.3, 0.4) is 0 Å². The van der Waals surface area contributed by atoms with Crippen LogP contribution in [0.25, 0.3) is 0 Å². The summed E-state index contributed by atoms with van der Waals surface area (Å²) in [5.74, 6) is 0.690. The van der Waals surface area contributed by atoms with E-state index in [1.54, 1.807) is 19.0 Å². The Bertz CT molecular complexity index is 469. The van der Waals surface area contributed by atoms with Crippen LogP contribution in [0.1, 0.15) is 38.5 Å². The van der Waals surface area contributed by atoms with Crippen LogP contribution in [-0.4, -0.2) is 74.9 Å². The Hall–Kier alpha value is -0.610. The molecule has 8 heteroatoms. The maximum Gasteiger partial charge on any atom is 0.243 e. The maximum absolute atomic E-state index is 11.8. The summed E-state index contributed by atoms with van der Waals surface area (Å²) >= 11 is 0. The Morgan fingerprint density at radius 1 is 1.24 bits per heavy atom. The van der Waals surface area contributed by atoms with Gasteiger partial charge < -0.3 is 25.0 Å². The summed E-state index contributed by atoms with van der Waals surface area (Å²) in [6.07, 6.45) is 7.63. The molecule has 3 heterocycles. The summed E-state index contributed by atoms with van der Waals surface area (Å²) in [7, 11) is 3.50. The Labute approximate surface area is 167 Å². The van der Waals surface area contributed by atoms with Crippen molar-refractivity contribution in [2.24, 2.45) is 4.99 Å². The van der Waals surface area contributed by atoms with Gasteiger partial charge in [0.25, 0.3) is 0 Å². The van der Waals surface area contributed by atoms with E-state index in [-0.39, 0.29) is 54.7 Å². The number of ether oxygens (including phenoxy) is 2. The van der Waals surface area contributed by atoms with Gasteiger partial charge in [-0.1, -0.05) is 0 Å². The van der Waals surface area contributed by atoms with E-state index in [0.717, 1.165) is 45.3 Å². The van der Waals surface area contributed by atoms with Crippen LogP contribution in [0.2, 0.25) is 0 Å². The van der Waals surface area contributed by atoms with Gasteiger partial charge in [0.1, 0.15) is 6.54 Å². The highest BCUT2D eigenvalue weighted by Gasteiger charge is 2.41. The van der Waals surface area contributed by atoms with Crippen LogP contribution in [-0.2, 0) is 14.3 Å². The third-order valence-corrected chi connectivity index (χ3v) is 5.07. The van der Waals surface area contributed by atoms with Crippen molar-refractivity contribution in [1.82, 2.24) is 15.5 Å². The van der Waals surface area contributed by atoms with Crippen molar-refractivity contribution in [1.29, 1.82) is 0 Å². The summed E-state index contributed by atoms with van der Waals surface area (Å²) < 4.78 is 11.7. The Kier molecular flexibility index (Phi) is 8.21. The number of guanidine groups is 1. The second-order valence-electron chi connectivity index (χ2n) is 7.18. The molecule has 0 spiro atoms. The summed E-state index contributed by atoms with van der Waals surface area (Å²) in [5, 5.41) is 6.83. The molecule has 3 saturated heterocycles. The highest BCUT2D eigenvalue weighted by atomic mass is 127. The van der Waals surface area contributed by atoms with Crippen LogP contribution in [0, 0.1) is 0 Å². The van der Waals surface area contributed by atoms with Crippen molar-refractivity contribution < 1.29 is 14.3 Å². The molecule has 2 bridgehead atoms. The molecule has 4 atom stereocenters. The normalized spacial score (nSPS) is 31.4. The number of hydrogen-bond donors (Lipinski definition) is 2. The van der Waals surface area contributed by atoms with Gasteiger partial charge in [0.05, 0.1) is 24.4 Å². The molecule has 0 radical (unpaired) electrons. The maximum atomic E-state index is 11.8. The number of hydrogen-bond acceptors (Lipinski definition) is 4. The number of nitrogens with one attached hydrogen (secondary N) is 2. The molecule has 3 rings (SSSR count). The van der Waals surface area contributed by atoms with Crippen LogP contribution in [0.15, 0.2) is 4.99 Å². The molecule has 0 aromatic carbocycles. The van der Waals surface area contributed by atoms with Gasteiger partial charge >= 0.3 is 0 Å². The second kappa shape index (κ2) is 9.91. The van der Waals surface area contributed by atoms with Gasteiger partial charge in [-0.15, -0.1) is 24.0 Å². The molecule has 0 aromatic heterocycles. The number of rotatable bonds is 5. The number of carbonyl (C=O) groups excluding carboxylic acids is 1. The second-order valence-corrected chi connectivity index (χ2v) is 7.18. The number of likely N-dealkylation sites (N-methyl/N-ethyl adjacent to an activating group) is 1. The molecular formula is C17H31IN4O3. The molecule has 1 amide bonds. The molecule has 7 nitrogen and oxygen atoms in total. The first-order valence-electron chi connectivity index (χ1n) is 9.14. The van der Waals surface area contributed by atoms with E-state index < -0.39 is 0 Å². The van der Waals surface area contributed by atoms with Gasteiger partial charge in [0, 0.05) is 27.2 Å². The number of nitrogens with zero attached hydrogens (tertiary/aromatic N) is 2. The lowest BCUT2D eigenvalue weighted by molar-refractivity contribution is -0.127. The lowest BCUT2D eigenvalue weighted by Crippen LogP contribution is -2.49. The number of fused-ring (bicyclic) bond motifs is 2. The smallest absolute Gasteiger partial charge is 0.243 e. The fourth-order valence-electron chi connectivity index (χ4n) is 3.58. The van der Waals surface area contributed by atoms with Crippen molar-refractivity contribution in [3.63, 3.8) is 0 Å². The van der Waals surface area contributed by atoms with Crippen LogP contribution < -0.4 is 10.6 Å². The third-order valence-electron chi connectivity index (χ3n) is 5.07. The molecule has 2 N–H and O–H groups in total. The lowest BCUT2D eigenvalue weighted by Gasteiger charge is -2.26. The minimum absolute atomic E-state index is 0. The highest BCUT2D eigenvalue weighted by molar-refractivity contribution is 14.0. The van der Waals surface area contributed by atoms with Crippen molar-refractivity contribution in [2.75, 3.05) is 33.8 Å². The molecule has 3 aliphatic heterocycles. The van der Waals surface area contributed by atoms with Gasteiger partial charge in [0.15, 0.2) is 5.96 Å². The number of amides is 1. The van der Waals surface area contributed by atoms with Crippen molar-refractivity contribution in [2.45, 2.75) is 62.9 Å². The molecule has 0 aliphatic carbocycles. The van der Waals surface area contributed by atoms with Crippen molar-refractivity contribution in [3.8, 4) is 0 Å². The average molecular weight is 466 g/mol. The van der Waals surface area contributed by atoms with Gasteiger partial charge in [-0.3, -0.25) is 4.79 Å². The quantitative estimate of drug-likeness (QED) is 0.361. The molecule has 144 valence electrons. The summed E-state index contributed by atoms with van der Waals surface area (Å²) in [5.41, 5.74) is 0. The van der Waals surface area contributed by atoms with Crippen molar-refractivity contribution >= 4 is 35.8 Å². The zero-order chi connectivity index (χ0) is 16.9. The van der Waals surface area contributed by atoms with Crippen molar-refractivity contribution in [3.05, 3.63) is 0 Å². The van der Waals surface area contributed by atoms with Crippen LogP contribution >= 0.6 is 24.0 Å². The molecular weight excluding hydrogens is 435 g/mol. The fourth-order valence-corrected chi connectivity index (χ4v) is 3.58. The summed E-state index contributed by atoms with van der Waals surface area (Å²) in [6.45, 7) is 1.71. The van der Waals surface area contributed by atoms with Crippen LogP contribution in [0.4, 0.5) is 0 Å². The first-order valence-corrected chi connectivity index (χ1v) is 9.14. The monoisotopic (exact) mass is 466 g/mol. The largest absolute Gasteiger partial charge is 0.376 e. The Morgan fingerprint density at radius 3 is 2.68 bits per heavy atom. The fraction of sp³-hybridized carbons (Fsp3) is 0.882. The molecule has 3 aliphatic rings. The number of aliphatic imine (C=N–C) groups is 1. The Balaban J connectivity index is 0.00000225. The zero-order valence-electron chi connectivity index (χ0n) is 15.2. The first-order chi connectivity index (χ1) is 11.6. The molecule has 0 saturated carbocycles. The standard InChI is InChI=1S/C17H30N4O3.HI/c1-21(2)16(22)11-19-17(18-10-13-5-3-4-8-23-13)20-14-9-12-6-7-15(14)24-12;/h12-15H,3-11H2,1-2H3,(H2,18,19,20);1H. The Morgan fingerprint density at radius 2 is 2.08 bits per heavy atom. The average Bonchev–Trinajstić information content (AvgIpc) is 3.20. The lowest BCUT2D eigenvalue weighted by atomic mass is 9.96. The number of halogens is 1. The molecule has 4 unspecified atom stereocenters. The number of carbonyl (C=O) groups is 1. The zero-order valence-corrected chi connectivity index (χ0v) is 17.5. The van der Waals surface area contributed by atoms with Gasteiger partial charge in [-0.05, 0) is 38.5 Å². The molecule has 3 fully saturated rings. The molecule has 25 heavy (non-hydrogen) atoms. The summed E-state index contributed by atoms with van der Waals surface area (Å²) in [6, 6.07) is 0.289. The predicted molar refractivity (Wildman–Crippen MR) is 107 cm³/mol. The third kappa shape index (κ3) is 5.96. The van der Waals surface area contributed by atoms with E-state index in [2.05, 4.69) is 15.6 Å². The topological polar surface area (TPSA) is 75.2 Å². The van der Waals surface area contributed by atoms with E-state index >= 15 is 0 Å². The van der Waals surface area contributed by atoms with E-state index in [1.165, 1.54) is 6.42 Å². The predicted octanol–water partition coefficient (Wildman–Crippen LogP) is 1.12. The van der Waals surface area contributed by atoms with E-state index in [4.69, 9.17) is 9.47 Å². The SMILES string of the molecule is CN(C)C(=O)CN=C(NCC1CCCCO1)NC1CC2CCC1O2.I. The first kappa shape index (κ1) is 20.7. The van der Waals surface area contributed by atoms with E-state index in [0.29, 0.717) is 12.1 Å². The van der Waals surface area contributed by atoms with Gasteiger partial charge in [-0.2, -0.15) is 0 Å². The molecule has 0 aromatic rings.